The van der Waals surface area contributed by atoms with Gasteiger partial charge in [-0.05, 0) is 40.2 Å². The molecule has 0 heterocycles. The number of hydrogen-bond donors (Lipinski definition) is 0. The van der Waals surface area contributed by atoms with Gasteiger partial charge in [0.05, 0.1) is 0 Å². The molecule has 0 aliphatic heterocycles. The molecule has 0 fully saturated rings. The van der Waals surface area contributed by atoms with E-state index in [-0.39, 0.29) is 11.0 Å². The van der Waals surface area contributed by atoms with Crippen molar-refractivity contribution in [1.29, 1.82) is 0 Å². The van der Waals surface area contributed by atoms with Gasteiger partial charge >= 0.3 is 0 Å². The Balaban J connectivity index is 4.61. The van der Waals surface area contributed by atoms with Gasteiger partial charge in [0.25, 0.3) is 0 Å². The lowest BCUT2D eigenvalue weighted by Crippen LogP contribution is -2.47. The molecular weight excluding hydrogens is 186 g/mol. The highest BCUT2D eigenvalue weighted by atomic mass is 16.1. The molecule has 2 heteroatoms. The van der Waals surface area contributed by atoms with Crippen LogP contribution in [0, 0.1) is 5.41 Å². The first-order valence-corrected chi connectivity index (χ1v) is 6.05. The molecule has 0 aromatic rings. The van der Waals surface area contributed by atoms with Crippen molar-refractivity contribution in [3.8, 4) is 0 Å². The second-order valence-electron chi connectivity index (χ2n) is 5.21. The molecule has 0 aliphatic carbocycles. The molecule has 0 saturated heterocycles. The normalized spacial score (nSPS) is 13.3. The monoisotopic (exact) mass is 213 g/mol. The van der Waals surface area contributed by atoms with Crippen LogP contribution in [0.25, 0.3) is 0 Å². The Morgan fingerprint density at radius 2 is 1.53 bits per heavy atom. The van der Waals surface area contributed by atoms with E-state index < -0.39 is 0 Å². The summed E-state index contributed by atoms with van der Waals surface area (Å²) in [6.45, 7) is 11.7. The zero-order valence-electron chi connectivity index (χ0n) is 11.3. The van der Waals surface area contributed by atoms with E-state index in [4.69, 9.17) is 0 Å². The Kier molecular flexibility index (Phi) is 5.50. The second kappa shape index (κ2) is 5.64. The van der Waals surface area contributed by atoms with E-state index in [1.54, 1.807) is 0 Å². The fourth-order valence-corrected chi connectivity index (χ4v) is 1.63. The lowest BCUT2D eigenvalue weighted by Gasteiger charge is -2.40. The minimum absolute atomic E-state index is 0.152. The van der Waals surface area contributed by atoms with Crippen LogP contribution in [0.4, 0.5) is 0 Å². The van der Waals surface area contributed by atoms with Gasteiger partial charge in [0.2, 0.25) is 0 Å². The number of nitrogens with zero attached hydrogens (tertiary/aromatic N) is 1. The third kappa shape index (κ3) is 3.60. The van der Waals surface area contributed by atoms with E-state index in [1.165, 1.54) is 0 Å². The van der Waals surface area contributed by atoms with Crippen LogP contribution >= 0.6 is 0 Å². The highest BCUT2D eigenvalue weighted by molar-refractivity contribution is 5.59. The van der Waals surface area contributed by atoms with Gasteiger partial charge in [-0.3, -0.25) is 0 Å². The first kappa shape index (κ1) is 14.6. The quantitative estimate of drug-likeness (QED) is 0.606. The summed E-state index contributed by atoms with van der Waals surface area (Å²) in [7, 11) is 2.12. The van der Waals surface area contributed by atoms with Crippen molar-refractivity contribution in [2.45, 2.75) is 59.4 Å². The summed E-state index contributed by atoms with van der Waals surface area (Å²) >= 11 is 0. The molecule has 2 nitrogen and oxygen atoms in total. The van der Waals surface area contributed by atoms with Crippen LogP contribution in [0.3, 0.4) is 0 Å². The van der Waals surface area contributed by atoms with Crippen molar-refractivity contribution in [2.24, 2.45) is 5.41 Å². The summed E-state index contributed by atoms with van der Waals surface area (Å²) in [5.74, 6) is 0. The zero-order chi connectivity index (χ0) is 12.1. The molecule has 90 valence electrons. The largest absolute Gasteiger partial charge is 0.303 e. The predicted molar refractivity (Wildman–Crippen MR) is 66.1 cm³/mol. The summed E-state index contributed by atoms with van der Waals surface area (Å²) in [5, 5.41) is 0. The maximum atomic E-state index is 11.2. The number of aldehydes is 1. The van der Waals surface area contributed by atoms with Crippen molar-refractivity contribution in [2.75, 3.05) is 13.6 Å². The standard InChI is InChI=1S/C13H27NO/c1-7-12(4,5)14(6)10-13(8-2,9-3)11-15/h11H,7-10H2,1-6H3. The van der Waals surface area contributed by atoms with Crippen LogP contribution in [-0.2, 0) is 4.79 Å². The van der Waals surface area contributed by atoms with Gasteiger partial charge in [-0.2, -0.15) is 0 Å². The molecule has 0 rings (SSSR count). The van der Waals surface area contributed by atoms with Crippen LogP contribution in [0.5, 0.6) is 0 Å². The number of rotatable bonds is 7. The van der Waals surface area contributed by atoms with E-state index in [0.29, 0.717) is 0 Å². The lowest BCUT2D eigenvalue weighted by molar-refractivity contribution is -0.118. The minimum atomic E-state index is -0.152. The molecule has 0 bridgehead atoms. The molecule has 0 N–H and O–H groups in total. The summed E-state index contributed by atoms with van der Waals surface area (Å²) in [4.78, 5) is 13.5. The van der Waals surface area contributed by atoms with E-state index in [1.807, 2.05) is 0 Å². The Bertz CT molecular complexity index is 195. The Hall–Kier alpha value is -0.370. The van der Waals surface area contributed by atoms with Gasteiger partial charge in [0.15, 0.2) is 0 Å². The van der Waals surface area contributed by atoms with E-state index >= 15 is 0 Å². The molecule has 15 heavy (non-hydrogen) atoms. The first-order valence-electron chi connectivity index (χ1n) is 6.05. The maximum Gasteiger partial charge on any atom is 0.127 e. The lowest BCUT2D eigenvalue weighted by atomic mass is 9.82. The molecule has 0 aromatic carbocycles. The third-order valence-electron chi connectivity index (χ3n) is 4.11. The van der Waals surface area contributed by atoms with Crippen molar-refractivity contribution >= 4 is 6.29 Å². The van der Waals surface area contributed by atoms with Gasteiger partial charge in [-0.15, -0.1) is 0 Å². The Morgan fingerprint density at radius 3 is 1.80 bits per heavy atom. The minimum Gasteiger partial charge on any atom is -0.303 e. The molecule has 0 amide bonds. The fraction of sp³-hybridized carbons (Fsp3) is 0.923. The average molecular weight is 213 g/mol. The van der Waals surface area contributed by atoms with Crippen molar-refractivity contribution in [1.82, 2.24) is 4.90 Å². The molecular formula is C13H27NO. The van der Waals surface area contributed by atoms with Crippen LogP contribution in [-0.4, -0.2) is 30.3 Å². The first-order chi connectivity index (χ1) is 6.87. The van der Waals surface area contributed by atoms with Crippen LogP contribution < -0.4 is 0 Å². The molecule has 0 aliphatic rings. The number of carbonyl (C=O) groups excluding carboxylic acids is 1. The Labute approximate surface area is 95.0 Å². The highest BCUT2D eigenvalue weighted by Crippen LogP contribution is 2.28. The Morgan fingerprint density at radius 1 is 1.07 bits per heavy atom. The van der Waals surface area contributed by atoms with Gasteiger partial charge in [-0.1, -0.05) is 20.8 Å². The SMILES string of the molecule is CCC(C=O)(CC)CN(C)C(C)(C)CC. The summed E-state index contributed by atoms with van der Waals surface area (Å²) in [6, 6.07) is 0. The third-order valence-corrected chi connectivity index (χ3v) is 4.11. The number of hydrogen-bond acceptors (Lipinski definition) is 2. The van der Waals surface area contributed by atoms with E-state index in [2.05, 4.69) is 46.6 Å². The fourth-order valence-electron chi connectivity index (χ4n) is 1.63. The molecule has 0 unspecified atom stereocenters. The second-order valence-corrected chi connectivity index (χ2v) is 5.21. The highest BCUT2D eigenvalue weighted by Gasteiger charge is 2.31. The average Bonchev–Trinajstić information content (AvgIpc) is 2.25. The predicted octanol–water partition coefficient (Wildman–Crippen LogP) is 3.11. The van der Waals surface area contributed by atoms with Gasteiger partial charge in [0, 0.05) is 17.5 Å². The zero-order valence-corrected chi connectivity index (χ0v) is 11.3. The van der Waals surface area contributed by atoms with Crippen LogP contribution in [0.1, 0.15) is 53.9 Å². The maximum absolute atomic E-state index is 11.2. The molecule has 0 atom stereocenters. The number of carbonyl (C=O) groups is 1. The van der Waals surface area contributed by atoms with Gasteiger partial charge in [0.1, 0.15) is 6.29 Å². The molecule has 0 spiro atoms. The van der Waals surface area contributed by atoms with Gasteiger partial charge < -0.3 is 9.69 Å². The topological polar surface area (TPSA) is 20.3 Å². The smallest absolute Gasteiger partial charge is 0.127 e. The summed E-state index contributed by atoms with van der Waals surface area (Å²) in [5.41, 5.74) is 0.0276. The van der Waals surface area contributed by atoms with Gasteiger partial charge in [-0.25, -0.2) is 0 Å². The molecule has 0 saturated carbocycles. The van der Waals surface area contributed by atoms with Crippen molar-refractivity contribution < 1.29 is 4.79 Å². The van der Waals surface area contributed by atoms with Crippen molar-refractivity contribution in [3.63, 3.8) is 0 Å². The molecule has 0 radical (unpaired) electrons. The van der Waals surface area contributed by atoms with E-state index in [0.717, 1.165) is 32.1 Å². The van der Waals surface area contributed by atoms with E-state index in [9.17, 15) is 4.79 Å². The van der Waals surface area contributed by atoms with Crippen molar-refractivity contribution in [3.05, 3.63) is 0 Å². The molecule has 0 aromatic heterocycles. The summed E-state index contributed by atoms with van der Waals surface area (Å²) in [6.07, 6.45) is 4.11. The van der Waals surface area contributed by atoms with Crippen LogP contribution in [0.15, 0.2) is 0 Å². The summed E-state index contributed by atoms with van der Waals surface area (Å²) < 4.78 is 0. The van der Waals surface area contributed by atoms with Crippen LogP contribution in [0.2, 0.25) is 0 Å².